The van der Waals surface area contributed by atoms with Gasteiger partial charge in [-0.15, -0.1) is 0 Å². The first-order chi connectivity index (χ1) is 8.15. The van der Waals surface area contributed by atoms with Crippen molar-refractivity contribution in [3.05, 3.63) is 24.3 Å². The third kappa shape index (κ3) is 5.44. The lowest BCUT2D eigenvalue weighted by Crippen LogP contribution is -2.24. The fourth-order valence-corrected chi connectivity index (χ4v) is 2.58. The van der Waals surface area contributed by atoms with Gasteiger partial charge in [0.05, 0.1) is 13.7 Å². The summed E-state index contributed by atoms with van der Waals surface area (Å²) in [5.74, 6) is 1.46. The van der Waals surface area contributed by atoms with E-state index in [1.165, 1.54) is 4.90 Å². The highest BCUT2D eigenvalue weighted by molar-refractivity contribution is 7.97. The van der Waals surface area contributed by atoms with Gasteiger partial charge >= 0.3 is 0 Å². The van der Waals surface area contributed by atoms with Gasteiger partial charge in [0.2, 0.25) is 0 Å². The summed E-state index contributed by atoms with van der Waals surface area (Å²) in [6.07, 6.45) is 0. The molecule has 0 unspecified atom stereocenters. The number of aliphatic hydroxyl groups excluding tert-OH is 1. The van der Waals surface area contributed by atoms with E-state index in [9.17, 15) is 0 Å². The Morgan fingerprint density at radius 1 is 1.29 bits per heavy atom. The first kappa shape index (κ1) is 14.4. The Hall–Kier alpha value is -0.710. The molecule has 0 aliphatic heterocycles. The zero-order valence-corrected chi connectivity index (χ0v) is 11.5. The summed E-state index contributed by atoms with van der Waals surface area (Å²) < 4.78 is 7.31. The van der Waals surface area contributed by atoms with Gasteiger partial charge in [0.1, 0.15) is 5.75 Å². The molecule has 0 heterocycles. The van der Waals surface area contributed by atoms with Crippen molar-refractivity contribution < 1.29 is 9.84 Å². The largest absolute Gasteiger partial charge is 0.497 e. The molecule has 0 aliphatic carbocycles. The molecular weight excluding hydrogens is 234 g/mol. The third-order valence-corrected chi connectivity index (χ3v) is 3.28. The molecule has 0 saturated carbocycles. The van der Waals surface area contributed by atoms with Crippen LogP contribution in [0.1, 0.15) is 13.8 Å². The van der Waals surface area contributed by atoms with Crippen molar-refractivity contribution in [2.45, 2.75) is 18.7 Å². The predicted octanol–water partition coefficient (Wildman–Crippen LogP) is 2.65. The molecule has 0 bridgehead atoms. The molecule has 0 aromatic heterocycles. The minimum atomic E-state index is 0.190. The van der Waals surface area contributed by atoms with Gasteiger partial charge in [0.25, 0.3) is 0 Å². The average Bonchev–Trinajstić information content (AvgIpc) is 2.29. The molecular formula is C13H21NO2S. The van der Waals surface area contributed by atoms with Crippen molar-refractivity contribution >= 4 is 11.9 Å². The van der Waals surface area contributed by atoms with E-state index in [0.29, 0.717) is 12.5 Å². The van der Waals surface area contributed by atoms with Crippen LogP contribution in [0.15, 0.2) is 29.2 Å². The van der Waals surface area contributed by atoms with E-state index in [4.69, 9.17) is 9.84 Å². The van der Waals surface area contributed by atoms with Gasteiger partial charge in [-0.1, -0.05) is 13.8 Å². The summed E-state index contributed by atoms with van der Waals surface area (Å²) in [7, 11) is 1.67. The maximum atomic E-state index is 9.03. The summed E-state index contributed by atoms with van der Waals surface area (Å²) in [5, 5.41) is 9.03. The molecule has 0 aliphatic rings. The van der Waals surface area contributed by atoms with Crippen LogP contribution in [0.25, 0.3) is 0 Å². The fraction of sp³-hybridized carbons (Fsp3) is 0.538. The third-order valence-electron chi connectivity index (χ3n) is 2.21. The molecule has 0 saturated heterocycles. The molecule has 0 spiro atoms. The Bertz CT molecular complexity index is 314. The van der Waals surface area contributed by atoms with E-state index in [0.717, 1.165) is 12.3 Å². The molecule has 0 atom stereocenters. The number of aliphatic hydroxyl groups is 1. The molecule has 1 aromatic rings. The molecule has 1 rings (SSSR count). The molecule has 3 nitrogen and oxygen atoms in total. The van der Waals surface area contributed by atoms with Gasteiger partial charge in [0, 0.05) is 18.0 Å². The lowest BCUT2D eigenvalue weighted by molar-refractivity contribution is 0.254. The van der Waals surface area contributed by atoms with Gasteiger partial charge < -0.3 is 9.84 Å². The maximum absolute atomic E-state index is 9.03. The number of nitrogens with zero attached hydrogens (tertiary/aromatic N) is 1. The van der Waals surface area contributed by atoms with Gasteiger partial charge in [-0.3, -0.25) is 0 Å². The molecule has 1 aromatic carbocycles. The molecule has 1 N–H and O–H groups in total. The van der Waals surface area contributed by atoms with Crippen molar-refractivity contribution in [1.82, 2.24) is 4.31 Å². The minimum absolute atomic E-state index is 0.190. The van der Waals surface area contributed by atoms with E-state index in [1.54, 1.807) is 19.1 Å². The molecule has 0 fully saturated rings. The number of methoxy groups -OCH3 is 1. The summed E-state index contributed by atoms with van der Waals surface area (Å²) in [5.41, 5.74) is 0. The molecule has 0 amide bonds. The molecule has 0 radical (unpaired) electrons. The SMILES string of the molecule is COc1ccc(SN(CCO)CC(C)C)cc1. The Balaban J connectivity index is 2.58. The highest BCUT2D eigenvalue weighted by Gasteiger charge is 2.08. The topological polar surface area (TPSA) is 32.7 Å². The van der Waals surface area contributed by atoms with Crippen LogP contribution in [0.3, 0.4) is 0 Å². The van der Waals surface area contributed by atoms with E-state index < -0.39 is 0 Å². The lowest BCUT2D eigenvalue weighted by atomic mass is 10.2. The van der Waals surface area contributed by atoms with Crippen LogP contribution in [0.2, 0.25) is 0 Å². The second-order valence-electron chi connectivity index (χ2n) is 4.27. The van der Waals surface area contributed by atoms with Crippen LogP contribution < -0.4 is 4.74 Å². The van der Waals surface area contributed by atoms with Crippen LogP contribution in [-0.2, 0) is 0 Å². The second kappa shape index (κ2) is 7.58. The van der Waals surface area contributed by atoms with E-state index in [1.807, 2.05) is 24.3 Å². The number of hydrogen-bond donors (Lipinski definition) is 1. The lowest BCUT2D eigenvalue weighted by Gasteiger charge is -2.22. The van der Waals surface area contributed by atoms with Gasteiger partial charge in [0.15, 0.2) is 0 Å². The van der Waals surface area contributed by atoms with Gasteiger partial charge in [-0.05, 0) is 42.1 Å². The van der Waals surface area contributed by atoms with Crippen molar-refractivity contribution in [1.29, 1.82) is 0 Å². The predicted molar refractivity (Wildman–Crippen MR) is 72.3 cm³/mol. The van der Waals surface area contributed by atoms with Crippen molar-refractivity contribution in [2.75, 3.05) is 26.8 Å². The Kier molecular flexibility index (Phi) is 6.40. The van der Waals surface area contributed by atoms with E-state index in [-0.39, 0.29) is 6.61 Å². The van der Waals surface area contributed by atoms with E-state index in [2.05, 4.69) is 18.2 Å². The Morgan fingerprint density at radius 3 is 2.41 bits per heavy atom. The summed E-state index contributed by atoms with van der Waals surface area (Å²) >= 11 is 1.68. The number of rotatable bonds is 7. The zero-order valence-electron chi connectivity index (χ0n) is 10.7. The van der Waals surface area contributed by atoms with Gasteiger partial charge in [-0.25, -0.2) is 4.31 Å². The van der Waals surface area contributed by atoms with Crippen molar-refractivity contribution in [3.63, 3.8) is 0 Å². The normalized spacial score (nSPS) is 11.2. The number of ether oxygens (including phenoxy) is 1. The molecule has 96 valence electrons. The van der Waals surface area contributed by atoms with Crippen LogP contribution in [0.5, 0.6) is 5.75 Å². The highest BCUT2D eigenvalue weighted by atomic mass is 32.2. The van der Waals surface area contributed by atoms with Crippen molar-refractivity contribution in [3.8, 4) is 5.75 Å². The molecule has 17 heavy (non-hydrogen) atoms. The Labute approximate surface area is 108 Å². The monoisotopic (exact) mass is 255 g/mol. The first-order valence-electron chi connectivity index (χ1n) is 5.83. The summed E-state index contributed by atoms with van der Waals surface area (Å²) in [6, 6.07) is 7.98. The summed E-state index contributed by atoms with van der Waals surface area (Å²) in [4.78, 5) is 1.17. The standard InChI is InChI=1S/C13H21NO2S/c1-11(2)10-14(8-9-15)17-13-6-4-12(16-3)5-7-13/h4-7,11,15H,8-10H2,1-3H3. The minimum Gasteiger partial charge on any atom is -0.497 e. The first-order valence-corrected chi connectivity index (χ1v) is 6.61. The van der Waals surface area contributed by atoms with E-state index >= 15 is 0 Å². The number of hydrogen-bond acceptors (Lipinski definition) is 4. The molecule has 4 heteroatoms. The van der Waals surface area contributed by atoms with Crippen molar-refractivity contribution in [2.24, 2.45) is 5.92 Å². The van der Waals surface area contributed by atoms with Crippen LogP contribution in [0.4, 0.5) is 0 Å². The van der Waals surface area contributed by atoms with Gasteiger partial charge in [-0.2, -0.15) is 0 Å². The highest BCUT2D eigenvalue weighted by Crippen LogP contribution is 2.25. The quantitative estimate of drug-likeness (QED) is 0.759. The van der Waals surface area contributed by atoms with Crippen LogP contribution in [0, 0.1) is 5.92 Å². The summed E-state index contributed by atoms with van der Waals surface area (Å²) in [6.45, 7) is 6.21. The van der Waals surface area contributed by atoms with Crippen LogP contribution >= 0.6 is 11.9 Å². The Morgan fingerprint density at radius 2 is 1.94 bits per heavy atom. The number of benzene rings is 1. The average molecular weight is 255 g/mol. The van der Waals surface area contributed by atoms with Crippen LogP contribution in [-0.4, -0.2) is 36.2 Å². The second-order valence-corrected chi connectivity index (χ2v) is 5.44. The fourth-order valence-electron chi connectivity index (χ4n) is 1.48. The zero-order chi connectivity index (χ0) is 12.7. The maximum Gasteiger partial charge on any atom is 0.118 e. The smallest absolute Gasteiger partial charge is 0.118 e.